The predicted molar refractivity (Wildman–Crippen MR) is 124 cm³/mol. The smallest absolute Gasteiger partial charge is 0.480 e. The van der Waals surface area contributed by atoms with E-state index < -0.39 is 12.4 Å². The summed E-state index contributed by atoms with van der Waals surface area (Å²) in [5, 5.41) is 2.72. The van der Waals surface area contributed by atoms with Crippen molar-refractivity contribution in [2.24, 2.45) is 0 Å². The molecule has 35 heavy (non-hydrogen) atoms. The average molecular weight is 488 g/mol. The number of anilines is 3. The standard InChI is InChI=1S/C23H23F3N6O3/c1-14-9-10-31(2)18-8-7-17(15-5-4-6-16(11-15)35-23(24,25)26)28-21(18)32(14)22(33)30-19-12-27-13-20(29-19)34-3/h4-8,11-14H,9-10H2,1-3H3,(H,29,30,33)/t14-/m1/s1. The molecule has 0 spiro atoms. The number of amides is 2. The van der Waals surface area contributed by atoms with E-state index in [1.807, 2.05) is 18.9 Å². The molecule has 9 nitrogen and oxygen atoms in total. The molecule has 0 bridgehead atoms. The van der Waals surface area contributed by atoms with Gasteiger partial charge in [0, 0.05) is 25.2 Å². The summed E-state index contributed by atoms with van der Waals surface area (Å²) < 4.78 is 47.2. The summed E-state index contributed by atoms with van der Waals surface area (Å²) in [6.07, 6.45) is -1.34. The van der Waals surface area contributed by atoms with Gasteiger partial charge >= 0.3 is 12.4 Å². The Bertz CT molecular complexity index is 1220. The van der Waals surface area contributed by atoms with Crippen LogP contribution in [0.15, 0.2) is 48.8 Å². The number of carbonyl (C=O) groups excluding carboxylic acids is 1. The van der Waals surface area contributed by atoms with Crippen molar-refractivity contribution >= 4 is 23.4 Å². The Labute approximate surface area is 199 Å². The van der Waals surface area contributed by atoms with Gasteiger partial charge in [0.25, 0.3) is 0 Å². The molecule has 1 N–H and O–H groups in total. The van der Waals surface area contributed by atoms with Gasteiger partial charge in [-0.05, 0) is 37.6 Å². The Morgan fingerprint density at radius 3 is 2.71 bits per heavy atom. The summed E-state index contributed by atoms with van der Waals surface area (Å²) in [6.45, 7) is 2.57. The zero-order valence-electron chi connectivity index (χ0n) is 19.2. The molecule has 184 valence electrons. The maximum absolute atomic E-state index is 13.4. The number of hydrogen-bond donors (Lipinski definition) is 1. The number of fused-ring (bicyclic) bond motifs is 1. The molecular weight excluding hydrogens is 465 g/mol. The Balaban J connectivity index is 1.72. The Morgan fingerprint density at radius 2 is 1.97 bits per heavy atom. The zero-order valence-corrected chi connectivity index (χ0v) is 19.2. The van der Waals surface area contributed by atoms with Gasteiger partial charge < -0.3 is 14.4 Å². The van der Waals surface area contributed by atoms with Crippen LogP contribution in [0.2, 0.25) is 0 Å². The molecular formula is C23H23F3N6O3. The fraction of sp³-hybridized carbons (Fsp3) is 0.304. The number of urea groups is 1. The van der Waals surface area contributed by atoms with E-state index in [2.05, 4.69) is 25.0 Å². The first-order valence-electron chi connectivity index (χ1n) is 10.7. The van der Waals surface area contributed by atoms with Gasteiger partial charge in [-0.25, -0.2) is 9.78 Å². The van der Waals surface area contributed by atoms with Gasteiger partial charge in [0.2, 0.25) is 5.88 Å². The van der Waals surface area contributed by atoms with E-state index in [0.717, 1.165) is 0 Å². The summed E-state index contributed by atoms with van der Waals surface area (Å²) in [7, 11) is 3.33. The summed E-state index contributed by atoms with van der Waals surface area (Å²) >= 11 is 0. The van der Waals surface area contributed by atoms with E-state index in [1.54, 1.807) is 18.2 Å². The van der Waals surface area contributed by atoms with Crippen LogP contribution < -0.4 is 24.6 Å². The number of nitrogens with one attached hydrogen (secondary N) is 1. The van der Waals surface area contributed by atoms with Crippen molar-refractivity contribution in [2.75, 3.05) is 35.8 Å². The molecule has 1 aromatic carbocycles. The number of pyridine rings is 1. The fourth-order valence-electron chi connectivity index (χ4n) is 3.74. The predicted octanol–water partition coefficient (Wildman–Crippen LogP) is 4.71. The van der Waals surface area contributed by atoms with E-state index in [9.17, 15) is 18.0 Å². The van der Waals surface area contributed by atoms with E-state index in [-0.39, 0.29) is 23.5 Å². The number of hydrogen-bond acceptors (Lipinski definition) is 7. The minimum Gasteiger partial charge on any atom is -0.480 e. The van der Waals surface area contributed by atoms with Crippen molar-refractivity contribution in [1.29, 1.82) is 0 Å². The highest BCUT2D eigenvalue weighted by molar-refractivity contribution is 6.03. The lowest BCUT2D eigenvalue weighted by molar-refractivity contribution is -0.274. The minimum absolute atomic E-state index is 0.203. The molecule has 4 rings (SSSR count). The minimum atomic E-state index is -4.81. The van der Waals surface area contributed by atoms with Crippen LogP contribution in [0.5, 0.6) is 11.6 Å². The number of nitrogens with zero attached hydrogens (tertiary/aromatic N) is 5. The highest BCUT2D eigenvalue weighted by atomic mass is 19.4. The number of methoxy groups -OCH3 is 1. The molecule has 1 aliphatic heterocycles. The fourth-order valence-corrected chi connectivity index (χ4v) is 3.74. The third kappa shape index (κ3) is 5.53. The SMILES string of the molecule is COc1cncc(NC(=O)N2c3nc(-c4cccc(OC(F)(F)F)c4)ccc3N(C)CC[C@H]2C)n1. The molecule has 0 saturated carbocycles. The van der Waals surface area contributed by atoms with E-state index in [1.165, 1.54) is 42.6 Å². The third-order valence-electron chi connectivity index (χ3n) is 5.46. The second-order valence-electron chi connectivity index (χ2n) is 7.92. The normalized spacial score (nSPS) is 15.8. The molecule has 0 aliphatic carbocycles. The van der Waals surface area contributed by atoms with Crippen LogP contribution in [0, 0.1) is 0 Å². The van der Waals surface area contributed by atoms with Crippen molar-refractivity contribution in [3.05, 3.63) is 48.8 Å². The lowest BCUT2D eigenvalue weighted by atomic mass is 10.1. The van der Waals surface area contributed by atoms with E-state index in [4.69, 9.17) is 4.74 Å². The van der Waals surface area contributed by atoms with Crippen molar-refractivity contribution in [1.82, 2.24) is 15.0 Å². The highest BCUT2D eigenvalue weighted by Gasteiger charge is 2.32. The number of aromatic nitrogens is 3. The van der Waals surface area contributed by atoms with Gasteiger partial charge in [0.05, 0.1) is 30.9 Å². The maximum Gasteiger partial charge on any atom is 0.573 e. The summed E-state index contributed by atoms with van der Waals surface area (Å²) in [5.41, 5.74) is 1.50. The van der Waals surface area contributed by atoms with Crippen LogP contribution >= 0.6 is 0 Å². The van der Waals surface area contributed by atoms with Gasteiger partial charge in [0.1, 0.15) is 5.75 Å². The van der Waals surface area contributed by atoms with E-state index >= 15 is 0 Å². The Hall–Kier alpha value is -4.09. The van der Waals surface area contributed by atoms with Gasteiger partial charge in [-0.15, -0.1) is 13.2 Å². The van der Waals surface area contributed by atoms with Crippen molar-refractivity contribution in [3.63, 3.8) is 0 Å². The molecule has 0 saturated heterocycles. The first-order chi connectivity index (χ1) is 16.6. The molecule has 3 heterocycles. The van der Waals surface area contributed by atoms with Gasteiger partial charge in [-0.1, -0.05) is 12.1 Å². The molecule has 1 atom stereocenters. The lowest BCUT2D eigenvalue weighted by Gasteiger charge is -2.28. The molecule has 0 unspecified atom stereocenters. The van der Waals surface area contributed by atoms with Gasteiger partial charge in [0.15, 0.2) is 11.6 Å². The summed E-state index contributed by atoms with van der Waals surface area (Å²) in [4.78, 5) is 29.7. The van der Waals surface area contributed by atoms with Crippen LogP contribution in [0.25, 0.3) is 11.3 Å². The van der Waals surface area contributed by atoms with Crippen molar-refractivity contribution in [3.8, 4) is 22.9 Å². The molecule has 0 radical (unpaired) electrons. The molecule has 12 heteroatoms. The zero-order chi connectivity index (χ0) is 25.2. The molecule has 2 amide bonds. The number of rotatable bonds is 4. The number of ether oxygens (including phenoxy) is 2. The van der Waals surface area contributed by atoms with Crippen LogP contribution in [-0.4, -0.2) is 54.1 Å². The van der Waals surface area contributed by atoms with Crippen LogP contribution in [0.3, 0.4) is 0 Å². The number of carbonyl (C=O) groups is 1. The Kier molecular flexibility index (Phi) is 6.63. The first kappa shape index (κ1) is 24.0. The largest absolute Gasteiger partial charge is 0.573 e. The van der Waals surface area contributed by atoms with Crippen LogP contribution in [0.4, 0.5) is 35.3 Å². The maximum atomic E-state index is 13.4. The van der Waals surface area contributed by atoms with Gasteiger partial charge in [-0.3, -0.25) is 15.2 Å². The average Bonchev–Trinajstić information content (AvgIpc) is 2.93. The number of benzene rings is 1. The van der Waals surface area contributed by atoms with E-state index in [0.29, 0.717) is 35.7 Å². The third-order valence-corrected chi connectivity index (χ3v) is 5.46. The molecule has 3 aromatic rings. The molecule has 0 fully saturated rings. The molecule has 2 aromatic heterocycles. The molecule has 1 aliphatic rings. The lowest BCUT2D eigenvalue weighted by Crippen LogP contribution is -2.42. The summed E-state index contributed by atoms with van der Waals surface area (Å²) in [6, 6.07) is 8.31. The van der Waals surface area contributed by atoms with Crippen LogP contribution in [0.1, 0.15) is 13.3 Å². The monoisotopic (exact) mass is 488 g/mol. The van der Waals surface area contributed by atoms with Crippen molar-refractivity contribution in [2.45, 2.75) is 25.7 Å². The topological polar surface area (TPSA) is 92.7 Å². The second-order valence-corrected chi connectivity index (χ2v) is 7.92. The Morgan fingerprint density at radius 1 is 1.17 bits per heavy atom. The van der Waals surface area contributed by atoms with Crippen molar-refractivity contribution < 1.29 is 27.4 Å². The highest BCUT2D eigenvalue weighted by Crippen LogP contribution is 2.36. The van der Waals surface area contributed by atoms with Gasteiger partial charge in [-0.2, -0.15) is 4.98 Å². The first-order valence-corrected chi connectivity index (χ1v) is 10.7. The number of halogens is 3. The summed E-state index contributed by atoms with van der Waals surface area (Å²) in [5.74, 6) is 0.455. The van der Waals surface area contributed by atoms with Crippen LogP contribution in [-0.2, 0) is 0 Å². The quantitative estimate of drug-likeness (QED) is 0.569. The number of alkyl halides is 3. The second kappa shape index (κ2) is 9.65.